The molecule has 4 bridgehead atoms. The summed E-state index contributed by atoms with van der Waals surface area (Å²) in [5.41, 5.74) is 1.13. The number of carboxylic acids is 1. The molecule has 236 valence electrons. The van der Waals surface area contributed by atoms with E-state index in [1.54, 1.807) is 6.92 Å². The Hall–Kier alpha value is -4.60. The van der Waals surface area contributed by atoms with Gasteiger partial charge in [0.15, 0.2) is 0 Å². The number of ether oxygens (including phenoxy) is 1. The first-order chi connectivity index (χ1) is 21.7. The Labute approximate surface area is 262 Å². The summed E-state index contributed by atoms with van der Waals surface area (Å²) >= 11 is 0. The van der Waals surface area contributed by atoms with Gasteiger partial charge in [0.25, 0.3) is 0 Å². The maximum absolute atomic E-state index is 14.0. The minimum atomic E-state index is -1.39. The number of carbonyl (C=O) groups is 4. The summed E-state index contributed by atoms with van der Waals surface area (Å²) < 4.78 is 6.12. The summed E-state index contributed by atoms with van der Waals surface area (Å²) in [6.45, 7) is 1.69. The van der Waals surface area contributed by atoms with Crippen molar-refractivity contribution in [3.63, 3.8) is 0 Å². The van der Waals surface area contributed by atoms with Gasteiger partial charge in [0, 0.05) is 42.2 Å². The summed E-state index contributed by atoms with van der Waals surface area (Å²) in [7, 11) is 0. The molecule has 0 saturated heterocycles. The highest BCUT2D eigenvalue weighted by molar-refractivity contribution is 5.94. The molecule has 2 aromatic carbocycles. The Balaban J connectivity index is 1.20. The fourth-order valence-electron chi connectivity index (χ4n) is 7.98. The lowest BCUT2D eigenvalue weighted by molar-refractivity contribution is -0.131. The van der Waals surface area contributed by atoms with Crippen LogP contribution in [-0.4, -0.2) is 52.2 Å². The molecule has 4 saturated carbocycles. The second kappa shape index (κ2) is 12.8. The van der Waals surface area contributed by atoms with E-state index in [0.717, 1.165) is 71.7 Å². The van der Waals surface area contributed by atoms with E-state index in [4.69, 9.17) is 9.84 Å². The van der Waals surface area contributed by atoms with Crippen molar-refractivity contribution in [2.45, 2.75) is 63.1 Å². The lowest BCUT2D eigenvalue weighted by atomic mass is 9.55. The van der Waals surface area contributed by atoms with Crippen molar-refractivity contribution in [3.05, 3.63) is 84.1 Å². The van der Waals surface area contributed by atoms with Crippen molar-refractivity contribution in [2.75, 3.05) is 6.54 Å². The first-order valence-corrected chi connectivity index (χ1v) is 15.8. The number of alkyl carbamates (subject to hydrolysis) is 1. The highest BCUT2D eigenvalue weighted by Crippen LogP contribution is 2.54. The zero-order chi connectivity index (χ0) is 31.6. The third-order valence-electron chi connectivity index (χ3n) is 9.84. The minimum Gasteiger partial charge on any atom is -0.478 e. The number of benzene rings is 2. The molecule has 0 unspecified atom stereocenters. The van der Waals surface area contributed by atoms with Gasteiger partial charge in [0.1, 0.15) is 11.6 Å². The largest absolute Gasteiger partial charge is 0.478 e. The van der Waals surface area contributed by atoms with Crippen LogP contribution in [0.15, 0.2) is 72.9 Å². The minimum absolute atomic E-state index is 0.00521. The van der Waals surface area contributed by atoms with E-state index in [-0.39, 0.29) is 19.1 Å². The van der Waals surface area contributed by atoms with Gasteiger partial charge in [-0.1, -0.05) is 48.5 Å². The topological polar surface area (TPSA) is 150 Å². The molecule has 5 N–H and O–H groups in total. The fraction of sp³-hybridized carbons (Fsp3) is 0.429. The summed E-state index contributed by atoms with van der Waals surface area (Å²) in [5, 5.41) is 18.5. The number of aliphatic carboxylic acids is 1. The maximum atomic E-state index is 14.0. The summed E-state index contributed by atoms with van der Waals surface area (Å²) in [6.07, 6.45) is 8.72. The van der Waals surface area contributed by atoms with Gasteiger partial charge in [0.2, 0.25) is 11.8 Å². The number of fused-ring (bicyclic) bond motifs is 1. The average molecular weight is 613 g/mol. The molecule has 0 spiro atoms. The van der Waals surface area contributed by atoms with Crippen LogP contribution < -0.4 is 16.0 Å². The van der Waals surface area contributed by atoms with Crippen LogP contribution in [0.25, 0.3) is 10.9 Å². The number of carboxylic acid groups (broad SMARTS) is 1. The molecule has 10 heteroatoms. The van der Waals surface area contributed by atoms with Crippen molar-refractivity contribution >= 4 is 34.8 Å². The highest BCUT2D eigenvalue weighted by Gasteiger charge is 2.50. The number of hydrogen-bond acceptors (Lipinski definition) is 5. The van der Waals surface area contributed by atoms with E-state index < -0.39 is 35.5 Å². The number of amides is 3. The summed E-state index contributed by atoms with van der Waals surface area (Å²) in [4.78, 5) is 54.2. The predicted molar refractivity (Wildman–Crippen MR) is 168 cm³/mol. The number of aromatic amines is 1. The number of nitrogens with one attached hydrogen (secondary N) is 4. The van der Waals surface area contributed by atoms with E-state index in [2.05, 4.69) is 20.9 Å². The molecule has 4 fully saturated rings. The third kappa shape index (κ3) is 6.90. The number of para-hydroxylation sites is 1. The van der Waals surface area contributed by atoms with Gasteiger partial charge in [-0.25, -0.2) is 9.59 Å². The molecule has 3 aromatic rings. The SMILES string of the molecule is C[C@](Cc1c[nH]c2ccccc12)(NC(=O)OC1C2CC3CC(C2)CC1C3)C(=O)NC[C@H](NC(=O)C=CC(=O)O)c1ccccc1. The molecular formula is C35H40N4O6. The lowest BCUT2D eigenvalue weighted by Crippen LogP contribution is -2.60. The second-order valence-electron chi connectivity index (χ2n) is 13.1. The van der Waals surface area contributed by atoms with Crippen molar-refractivity contribution in [2.24, 2.45) is 23.7 Å². The van der Waals surface area contributed by atoms with E-state index >= 15 is 0 Å². The number of rotatable bonds is 11. The van der Waals surface area contributed by atoms with Crippen molar-refractivity contribution in [1.82, 2.24) is 20.9 Å². The van der Waals surface area contributed by atoms with E-state index in [1.807, 2.05) is 60.8 Å². The molecule has 4 aliphatic carbocycles. The average Bonchev–Trinajstić information content (AvgIpc) is 3.42. The molecule has 0 radical (unpaired) electrons. The maximum Gasteiger partial charge on any atom is 0.408 e. The molecule has 1 aromatic heterocycles. The van der Waals surface area contributed by atoms with Crippen molar-refractivity contribution < 1.29 is 29.0 Å². The zero-order valence-corrected chi connectivity index (χ0v) is 25.3. The number of carbonyl (C=O) groups excluding carboxylic acids is 3. The Morgan fingerprint density at radius 2 is 1.62 bits per heavy atom. The molecule has 4 aliphatic rings. The van der Waals surface area contributed by atoms with Crippen LogP contribution in [0.5, 0.6) is 0 Å². The Morgan fingerprint density at radius 3 is 2.31 bits per heavy atom. The zero-order valence-electron chi connectivity index (χ0n) is 25.3. The summed E-state index contributed by atoms with van der Waals surface area (Å²) in [5.74, 6) is -0.0471. The fourth-order valence-corrected chi connectivity index (χ4v) is 7.98. The van der Waals surface area contributed by atoms with Crippen LogP contribution in [0.4, 0.5) is 4.79 Å². The van der Waals surface area contributed by atoms with Gasteiger partial charge >= 0.3 is 12.1 Å². The van der Waals surface area contributed by atoms with Crippen molar-refractivity contribution in [3.8, 4) is 0 Å². The Bertz CT molecular complexity index is 1570. The predicted octanol–water partition coefficient (Wildman–Crippen LogP) is 4.63. The van der Waals surface area contributed by atoms with Gasteiger partial charge in [-0.15, -0.1) is 0 Å². The van der Waals surface area contributed by atoms with E-state index in [1.165, 1.54) is 6.42 Å². The first kappa shape index (κ1) is 30.4. The van der Waals surface area contributed by atoms with Crippen LogP contribution >= 0.6 is 0 Å². The van der Waals surface area contributed by atoms with Crippen LogP contribution in [0.1, 0.15) is 56.2 Å². The van der Waals surface area contributed by atoms with E-state index in [9.17, 15) is 19.2 Å². The quantitative estimate of drug-likeness (QED) is 0.199. The van der Waals surface area contributed by atoms with E-state index in [0.29, 0.717) is 11.8 Å². The lowest BCUT2D eigenvalue weighted by Gasteiger charge is -2.53. The second-order valence-corrected chi connectivity index (χ2v) is 13.1. The first-order valence-electron chi connectivity index (χ1n) is 15.8. The van der Waals surface area contributed by atoms with Crippen LogP contribution in [0.2, 0.25) is 0 Å². The standard InChI is InChI=1S/C35H40N4O6/c1-35(18-26-19-36-28-10-6-5-9-27(26)28,39-34(44)45-32-24-14-21-13-22(16-24)17-25(32)15-21)33(43)37-20-29(23-7-3-2-4-8-23)38-30(40)11-12-31(41)42/h2-12,19,21-22,24-25,29,32,36H,13-18,20H2,1H3,(H,37,43)(H,38,40)(H,39,44)(H,41,42)/t21?,22?,24?,25?,29-,32?,35+/m0/s1. The highest BCUT2D eigenvalue weighted by atomic mass is 16.6. The normalized spacial score (nSPS) is 25.4. The van der Waals surface area contributed by atoms with Crippen LogP contribution in [0.3, 0.4) is 0 Å². The van der Waals surface area contributed by atoms with Crippen LogP contribution in [-0.2, 0) is 25.5 Å². The number of hydrogen-bond donors (Lipinski definition) is 5. The van der Waals surface area contributed by atoms with Gasteiger partial charge in [-0.3, -0.25) is 9.59 Å². The smallest absolute Gasteiger partial charge is 0.408 e. The number of H-pyrrole nitrogens is 1. The number of aromatic nitrogens is 1. The van der Waals surface area contributed by atoms with Crippen molar-refractivity contribution in [1.29, 1.82) is 0 Å². The van der Waals surface area contributed by atoms with Gasteiger partial charge < -0.3 is 30.8 Å². The summed E-state index contributed by atoms with van der Waals surface area (Å²) in [6, 6.07) is 16.2. The molecule has 45 heavy (non-hydrogen) atoms. The van der Waals surface area contributed by atoms with Crippen LogP contribution in [0, 0.1) is 23.7 Å². The molecular weight excluding hydrogens is 572 g/mol. The molecule has 7 rings (SSSR count). The molecule has 3 amide bonds. The third-order valence-corrected chi connectivity index (χ3v) is 9.84. The molecule has 0 aliphatic heterocycles. The Morgan fingerprint density at radius 1 is 0.956 bits per heavy atom. The van der Waals surface area contributed by atoms with Gasteiger partial charge in [-0.05, 0) is 79.9 Å². The molecule has 10 nitrogen and oxygen atoms in total. The Kier molecular flexibility index (Phi) is 8.65. The molecule has 2 atom stereocenters. The molecule has 1 heterocycles. The monoisotopic (exact) mass is 612 g/mol. The van der Waals surface area contributed by atoms with Gasteiger partial charge in [0.05, 0.1) is 6.04 Å². The van der Waals surface area contributed by atoms with Gasteiger partial charge in [-0.2, -0.15) is 0 Å².